The number of H-pyrrole nitrogens is 1. The molecule has 2 N–H and O–H groups in total. The molecule has 3 rings (SSSR count). The molecule has 0 amide bonds. The minimum atomic E-state index is 0.0767. The summed E-state index contributed by atoms with van der Waals surface area (Å²) < 4.78 is 0. The fraction of sp³-hybridized carbons (Fsp3) is 0.750. The molecular formula is C16H25N3O. The van der Waals surface area contributed by atoms with Gasteiger partial charge in [0.25, 0.3) is 5.56 Å². The van der Waals surface area contributed by atoms with Crippen LogP contribution in [0, 0.1) is 5.92 Å². The number of aromatic nitrogens is 2. The summed E-state index contributed by atoms with van der Waals surface area (Å²) in [5.74, 6) is 2.31. The van der Waals surface area contributed by atoms with Crippen LogP contribution in [-0.2, 0) is 13.0 Å². The van der Waals surface area contributed by atoms with Gasteiger partial charge in [-0.1, -0.05) is 19.8 Å². The largest absolute Gasteiger partial charge is 0.312 e. The Morgan fingerprint density at radius 3 is 2.80 bits per heavy atom. The van der Waals surface area contributed by atoms with Crippen molar-refractivity contribution in [2.24, 2.45) is 5.92 Å². The highest BCUT2D eigenvalue weighted by Crippen LogP contribution is 2.36. The van der Waals surface area contributed by atoms with Crippen LogP contribution >= 0.6 is 0 Å². The molecule has 0 radical (unpaired) electrons. The van der Waals surface area contributed by atoms with Crippen molar-refractivity contribution in [2.75, 3.05) is 6.54 Å². The van der Waals surface area contributed by atoms with Crippen LogP contribution in [-0.4, -0.2) is 16.5 Å². The van der Waals surface area contributed by atoms with Gasteiger partial charge < -0.3 is 10.3 Å². The normalized spacial score (nSPS) is 26.2. The molecular weight excluding hydrogens is 250 g/mol. The van der Waals surface area contributed by atoms with Gasteiger partial charge in [-0.3, -0.25) is 4.79 Å². The molecule has 0 aromatic carbocycles. The van der Waals surface area contributed by atoms with Crippen LogP contribution in [0.3, 0.4) is 0 Å². The van der Waals surface area contributed by atoms with Gasteiger partial charge in [0.1, 0.15) is 5.82 Å². The highest BCUT2D eigenvalue weighted by molar-refractivity contribution is 5.21. The average molecular weight is 275 g/mol. The molecule has 20 heavy (non-hydrogen) atoms. The van der Waals surface area contributed by atoms with Crippen molar-refractivity contribution in [1.82, 2.24) is 15.3 Å². The van der Waals surface area contributed by atoms with E-state index in [9.17, 15) is 4.79 Å². The summed E-state index contributed by atoms with van der Waals surface area (Å²) in [6.45, 7) is 3.87. The Hall–Kier alpha value is -1.16. The zero-order valence-electron chi connectivity index (χ0n) is 12.4. The minimum absolute atomic E-state index is 0.0767. The van der Waals surface area contributed by atoms with Crippen molar-refractivity contribution < 1.29 is 0 Å². The Morgan fingerprint density at radius 1 is 1.25 bits per heavy atom. The zero-order chi connectivity index (χ0) is 13.9. The molecule has 0 spiro atoms. The van der Waals surface area contributed by atoms with Gasteiger partial charge in [0.05, 0.1) is 11.3 Å². The maximum atomic E-state index is 12.2. The summed E-state index contributed by atoms with van der Waals surface area (Å²) in [6.07, 6.45) is 8.48. The van der Waals surface area contributed by atoms with E-state index in [0.29, 0.717) is 12.5 Å². The topological polar surface area (TPSA) is 57.8 Å². The Kier molecular flexibility index (Phi) is 4.20. The summed E-state index contributed by atoms with van der Waals surface area (Å²) in [6, 6.07) is 0. The Labute approximate surface area is 120 Å². The summed E-state index contributed by atoms with van der Waals surface area (Å²) >= 11 is 0. The van der Waals surface area contributed by atoms with Crippen LogP contribution in [0.1, 0.15) is 68.4 Å². The quantitative estimate of drug-likeness (QED) is 0.891. The standard InChI is InChI=1S/C16H25N3O/c1-2-3-11-4-6-12(7-5-11)15-18-14-8-9-17-10-13(14)16(20)19-15/h11-12,17H,2-10H2,1H3,(H,18,19,20). The first-order valence-corrected chi connectivity index (χ1v) is 8.10. The van der Waals surface area contributed by atoms with Gasteiger partial charge in [-0.2, -0.15) is 0 Å². The predicted octanol–water partition coefficient (Wildman–Crippen LogP) is 2.49. The van der Waals surface area contributed by atoms with Crippen molar-refractivity contribution in [3.8, 4) is 0 Å². The van der Waals surface area contributed by atoms with E-state index in [1.165, 1.54) is 38.5 Å². The van der Waals surface area contributed by atoms with E-state index in [0.717, 1.165) is 36.0 Å². The Bertz CT molecular complexity index is 515. The summed E-state index contributed by atoms with van der Waals surface area (Å²) in [4.78, 5) is 20.0. The van der Waals surface area contributed by atoms with Crippen LogP contribution in [0.25, 0.3) is 0 Å². The highest BCUT2D eigenvalue weighted by Gasteiger charge is 2.25. The molecule has 1 saturated carbocycles. The smallest absolute Gasteiger partial charge is 0.255 e. The third kappa shape index (κ3) is 2.80. The zero-order valence-corrected chi connectivity index (χ0v) is 12.4. The first-order chi connectivity index (χ1) is 9.78. The van der Waals surface area contributed by atoms with Crippen LogP contribution in [0.4, 0.5) is 0 Å². The second-order valence-electron chi connectivity index (χ2n) is 6.31. The third-order valence-corrected chi connectivity index (χ3v) is 4.89. The monoisotopic (exact) mass is 275 g/mol. The number of hydrogen-bond donors (Lipinski definition) is 2. The lowest BCUT2D eigenvalue weighted by Gasteiger charge is -2.28. The van der Waals surface area contributed by atoms with Crippen molar-refractivity contribution in [3.63, 3.8) is 0 Å². The Morgan fingerprint density at radius 2 is 2.05 bits per heavy atom. The van der Waals surface area contributed by atoms with E-state index in [-0.39, 0.29) is 5.56 Å². The number of fused-ring (bicyclic) bond motifs is 1. The third-order valence-electron chi connectivity index (χ3n) is 4.89. The molecule has 0 unspecified atom stereocenters. The molecule has 1 aromatic heterocycles. The van der Waals surface area contributed by atoms with E-state index in [1.807, 2.05) is 0 Å². The molecule has 0 saturated heterocycles. The van der Waals surface area contributed by atoms with E-state index < -0.39 is 0 Å². The van der Waals surface area contributed by atoms with E-state index in [4.69, 9.17) is 4.98 Å². The van der Waals surface area contributed by atoms with E-state index in [2.05, 4.69) is 17.2 Å². The number of rotatable bonds is 3. The SMILES string of the molecule is CCCC1CCC(c2nc3c(c(=O)[nH]2)CNCC3)CC1. The molecule has 4 nitrogen and oxygen atoms in total. The van der Waals surface area contributed by atoms with Gasteiger partial charge in [-0.25, -0.2) is 4.98 Å². The number of nitrogens with zero attached hydrogens (tertiary/aromatic N) is 1. The molecule has 1 aliphatic carbocycles. The number of hydrogen-bond acceptors (Lipinski definition) is 3. The summed E-state index contributed by atoms with van der Waals surface area (Å²) in [5.41, 5.74) is 1.95. The molecule has 1 aromatic rings. The van der Waals surface area contributed by atoms with Gasteiger partial charge in [0, 0.05) is 25.4 Å². The predicted molar refractivity (Wildman–Crippen MR) is 79.9 cm³/mol. The Balaban J connectivity index is 1.75. The van der Waals surface area contributed by atoms with E-state index in [1.54, 1.807) is 0 Å². The molecule has 1 fully saturated rings. The molecule has 110 valence electrons. The summed E-state index contributed by atoms with van der Waals surface area (Å²) in [7, 11) is 0. The second-order valence-corrected chi connectivity index (χ2v) is 6.31. The fourth-order valence-electron chi connectivity index (χ4n) is 3.70. The molecule has 4 heteroatoms. The van der Waals surface area contributed by atoms with Crippen LogP contribution in [0.2, 0.25) is 0 Å². The number of nitrogens with one attached hydrogen (secondary N) is 2. The maximum absolute atomic E-state index is 12.2. The van der Waals surface area contributed by atoms with Gasteiger partial charge >= 0.3 is 0 Å². The van der Waals surface area contributed by atoms with E-state index >= 15 is 0 Å². The van der Waals surface area contributed by atoms with Gasteiger partial charge in [0.15, 0.2) is 0 Å². The van der Waals surface area contributed by atoms with Crippen molar-refractivity contribution in [1.29, 1.82) is 0 Å². The van der Waals surface area contributed by atoms with Crippen molar-refractivity contribution >= 4 is 0 Å². The second kappa shape index (κ2) is 6.08. The maximum Gasteiger partial charge on any atom is 0.255 e. The lowest BCUT2D eigenvalue weighted by Crippen LogP contribution is -2.33. The van der Waals surface area contributed by atoms with Crippen molar-refractivity contribution in [2.45, 2.75) is 64.3 Å². The fourth-order valence-corrected chi connectivity index (χ4v) is 3.70. The van der Waals surface area contributed by atoms with Gasteiger partial charge in [-0.15, -0.1) is 0 Å². The molecule has 2 heterocycles. The molecule has 0 atom stereocenters. The first-order valence-electron chi connectivity index (χ1n) is 8.10. The van der Waals surface area contributed by atoms with Gasteiger partial charge in [-0.05, 0) is 31.6 Å². The van der Waals surface area contributed by atoms with Crippen molar-refractivity contribution in [3.05, 3.63) is 27.4 Å². The highest BCUT2D eigenvalue weighted by atomic mass is 16.1. The molecule has 2 aliphatic rings. The van der Waals surface area contributed by atoms with Crippen LogP contribution in [0.5, 0.6) is 0 Å². The minimum Gasteiger partial charge on any atom is -0.312 e. The van der Waals surface area contributed by atoms with Crippen LogP contribution < -0.4 is 10.9 Å². The lowest BCUT2D eigenvalue weighted by molar-refractivity contribution is 0.301. The van der Waals surface area contributed by atoms with Crippen LogP contribution in [0.15, 0.2) is 4.79 Å². The first kappa shape index (κ1) is 13.8. The summed E-state index contributed by atoms with van der Waals surface area (Å²) in [5, 5.41) is 3.24. The van der Waals surface area contributed by atoms with Gasteiger partial charge in [0.2, 0.25) is 0 Å². The molecule has 0 bridgehead atoms. The lowest BCUT2D eigenvalue weighted by atomic mass is 9.79. The average Bonchev–Trinajstić information content (AvgIpc) is 2.48. The number of aromatic amines is 1. The molecule has 1 aliphatic heterocycles.